The van der Waals surface area contributed by atoms with Gasteiger partial charge in [0.05, 0.1) is 20.1 Å². The van der Waals surface area contributed by atoms with Crippen molar-refractivity contribution in [2.24, 2.45) is 0 Å². The number of nitrogens with one attached hydrogen (secondary N) is 1. The van der Waals surface area contributed by atoms with Gasteiger partial charge in [0.1, 0.15) is 5.75 Å². The highest BCUT2D eigenvalue weighted by atomic mass is 16.5. The molecular weight excluding hydrogens is 466 g/mol. The summed E-state index contributed by atoms with van der Waals surface area (Å²) in [5.74, 6) is 1.36. The molecule has 0 aliphatic rings. The topological polar surface area (TPSA) is 90.5 Å². The highest BCUT2D eigenvalue weighted by Crippen LogP contribution is 2.18. The Morgan fingerprint density at radius 1 is 0.946 bits per heavy atom. The second-order valence-corrected chi connectivity index (χ2v) is 8.76. The maximum Gasteiger partial charge on any atom is 0.279 e. The minimum absolute atomic E-state index is 0.0695. The van der Waals surface area contributed by atoms with E-state index in [1.807, 2.05) is 96.4 Å². The van der Waals surface area contributed by atoms with E-state index in [0.717, 1.165) is 22.4 Å². The zero-order chi connectivity index (χ0) is 25.8. The number of methoxy groups -OCH3 is 1. The molecule has 0 aliphatic heterocycles. The molecule has 0 fully saturated rings. The lowest BCUT2D eigenvalue weighted by Crippen LogP contribution is -2.32. The second-order valence-electron chi connectivity index (χ2n) is 8.76. The van der Waals surface area contributed by atoms with Gasteiger partial charge in [0.25, 0.3) is 5.56 Å². The van der Waals surface area contributed by atoms with Crippen molar-refractivity contribution in [1.82, 2.24) is 24.5 Å². The zero-order valence-corrected chi connectivity index (χ0v) is 20.7. The van der Waals surface area contributed by atoms with Crippen LogP contribution in [0.4, 0.5) is 0 Å². The molecule has 0 saturated heterocycles. The fourth-order valence-corrected chi connectivity index (χ4v) is 4.28. The molecule has 0 bridgehead atoms. The van der Waals surface area contributed by atoms with Crippen molar-refractivity contribution in [3.8, 4) is 17.1 Å². The Morgan fingerprint density at radius 2 is 1.65 bits per heavy atom. The van der Waals surface area contributed by atoms with Gasteiger partial charge in [-0.1, -0.05) is 72.8 Å². The molecule has 0 saturated carbocycles. The standard InChI is InChI=1S/C29H27N5O3/c1-20-25(17-26(35)30-18-22-12-9-15-24(16-22)37-2)28(36)34-29(33(20)19-21-10-5-3-6-11-21)31-27(32-34)23-13-7-4-8-14-23/h3-16H,17-19H2,1-2H3,(H,30,35). The Bertz CT molecular complexity index is 1610. The van der Waals surface area contributed by atoms with Crippen LogP contribution in [-0.4, -0.2) is 32.2 Å². The number of carbonyl (C=O) groups is 1. The Hall–Kier alpha value is -4.72. The Kier molecular flexibility index (Phi) is 6.81. The van der Waals surface area contributed by atoms with Crippen LogP contribution in [-0.2, 0) is 24.3 Å². The molecule has 1 amide bonds. The van der Waals surface area contributed by atoms with E-state index in [0.29, 0.717) is 35.9 Å². The van der Waals surface area contributed by atoms with Crippen LogP contribution < -0.4 is 15.6 Å². The van der Waals surface area contributed by atoms with Crippen LogP contribution in [0.2, 0.25) is 0 Å². The predicted molar refractivity (Wildman–Crippen MR) is 142 cm³/mol. The molecule has 2 aromatic heterocycles. The number of benzene rings is 3. The van der Waals surface area contributed by atoms with Crippen molar-refractivity contribution < 1.29 is 9.53 Å². The van der Waals surface area contributed by atoms with Crippen molar-refractivity contribution in [3.05, 3.63) is 118 Å². The third-order valence-electron chi connectivity index (χ3n) is 6.30. The molecule has 5 rings (SSSR count). The summed E-state index contributed by atoms with van der Waals surface area (Å²) in [5, 5.41) is 7.45. The molecule has 0 spiro atoms. The van der Waals surface area contributed by atoms with Crippen LogP contribution in [0.25, 0.3) is 17.2 Å². The summed E-state index contributed by atoms with van der Waals surface area (Å²) >= 11 is 0. The fourth-order valence-electron chi connectivity index (χ4n) is 4.28. The summed E-state index contributed by atoms with van der Waals surface area (Å²) in [7, 11) is 1.60. The van der Waals surface area contributed by atoms with E-state index in [9.17, 15) is 9.59 Å². The number of hydrogen-bond acceptors (Lipinski definition) is 5. The van der Waals surface area contributed by atoms with Crippen LogP contribution in [0.5, 0.6) is 5.75 Å². The summed E-state index contributed by atoms with van der Waals surface area (Å²) in [6.07, 6.45) is -0.0695. The number of fused-ring (bicyclic) bond motifs is 1. The first-order valence-electron chi connectivity index (χ1n) is 12.0. The van der Waals surface area contributed by atoms with Gasteiger partial charge in [-0.15, -0.1) is 5.10 Å². The van der Waals surface area contributed by atoms with Crippen molar-refractivity contribution >= 4 is 11.7 Å². The van der Waals surface area contributed by atoms with Crippen molar-refractivity contribution in [3.63, 3.8) is 0 Å². The maximum absolute atomic E-state index is 13.5. The number of ether oxygens (including phenoxy) is 1. The first-order chi connectivity index (χ1) is 18.0. The minimum Gasteiger partial charge on any atom is -0.497 e. The molecule has 3 aromatic carbocycles. The summed E-state index contributed by atoms with van der Waals surface area (Å²) < 4.78 is 8.51. The molecule has 0 unspecified atom stereocenters. The summed E-state index contributed by atoms with van der Waals surface area (Å²) in [6.45, 7) is 2.67. The lowest BCUT2D eigenvalue weighted by molar-refractivity contribution is -0.120. The van der Waals surface area contributed by atoms with Gasteiger partial charge in [0, 0.05) is 23.4 Å². The van der Waals surface area contributed by atoms with Crippen LogP contribution >= 0.6 is 0 Å². The first kappa shape index (κ1) is 24.0. The molecule has 2 heterocycles. The van der Waals surface area contributed by atoms with Gasteiger partial charge in [-0.05, 0) is 30.2 Å². The summed E-state index contributed by atoms with van der Waals surface area (Å²) in [6, 6.07) is 27.0. The highest BCUT2D eigenvalue weighted by molar-refractivity contribution is 5.78. The van der Waals surface area contributed by atoms with Crippen molar-refractivity contribution in [2.75, 3.05) is 7.11 Å². The Labute approximate surface area is 214 Å². The van der Waals surface area contributed by atoms with E-state index >= 15 is 0 Å². The molecule has 8 heteroatoms. The molecule has 37 heavy (non-hydrogen) atoms. The summed E-state index contributed by atoms with van der Waals surface area (Å²) in [4.78, 5) is 31.2. The van der Waals surface area contributed by atoms with Gasteiger partial charge >= 0.3 is 0 Å². The Morgan fingerprint density at radius 3 is 2.38 bits per heavy atom. The highest BCUT2D eigenvalue weighted by Gasteiger charge is 2.20. The molecule has 1 N–H and O–H groups in total. The molecule has 0 radical (unpaired) electrons. The monoisotopic (exact) mass is 493 g/mol. The van der Waals surface area contributed by atoms with Gasteiger partial charge in [-0.25, -0.2) is 0 Å². The number of aromatic nitrogens is 4. The number of rotatable bonds is 8. The minimum atomic E-state index is -0.344. The number of nitrogens with zero attached hydrogens (tertiary/aromatic N) is 4. The van der Waals surface area contributed by atoms with Crippen LogP contribution in [0, 0.1) is 6.92 Å². The van der Waals surface area contributed by atoms with Gasteiger partial charge in [-0.2, -0.15) is 9.50 Å². The molecule has 5 aromatic rings. The predicted octanol–water partition coefficient (Wildman–Crippen LogP) is 3.78. The fraction of sp³-hybridized carbons (Fsp3) is 0.172. The lowest BCUT2D eigenvalue weighted by atomic mass is 10.1. The largest absolute Gasteiger partial charge is 0.497 e. The number of amides is 1. The summed E-state index contributed by atoms with van der Waals surface area (Å²) in [5.41, 5.74) is 3.50. The molecular formula is C29H27N5O3. The van der Waals surface area contributed by atoms with E-state index in [1.54, 1.807) is 7.11 Å². The van der Waals surface area contributed by atoms with E-state index < -0.39 is 0 Å². The molecule has 0 atom stereocenters. The molecule has 8 nitrogen and oxygen atoms in total. The third kappa shape index (κ3) is 5.13. The number of carbonyl (C=O) groups excluding carboxylic acids is 1. The molecule has 186 valence electrons. The van der Waals surface area contributed by atoms with Crippen molar-refractivity contribution in [1.29, 1.82) is 0 Å². The van der Waals surface area contributed by atoms with E-state index in [4.69, 9.17) is 9.72 Å². The Balaban J connectivity index is 1.51. The van der Waals surface area contributed by atoms with Gasteiger partial charge in [-0.3, -0.25) is 9.59 Å². The quantitative estimate of drug-likeness (QED) is 0.355. The van der Waals surface area contributed by atoms with E-state index in [-0.39, 0.29) is 17.9 Å². The SMILES string of the molecule is COc1cccc(CNC(=O)Cc2c(C)n(Cc3ccccc3)c3nc(-c4ccccc4)nn3c2=O)c1. The van der Waals surface area contributed by atoms with Gasteiger partial charge in [0.15, 0.2) is 5.82 Å². The van der Waals surface area contributed by atoms with Gasteiger partial charge in [0.2, 0.25) is 11.7 Å². The smallest absolute Gasteiger partial charge is 0.279 e. The maximum atomic E-state index is 13.5. The van der Waals surface area contributed by atoms with E-state index in [1.165, 1.54) is 4.52 Å². The normalized spacial score (nSPS) is 11.0. The van der Waals surface area contributed by atoms with Crippen LogP contribution in [0.1, 0.15) is 22.4 Å². The molecule has 0 aliphatic carbocycles. The van der Waals surface area contributed by atoms with Crippen molar-refractivity contribution in [2.45, 2.75) is 26.4 Å². The average Bonchev–Trinajstić information content (AvgIpc) is 3.39. The third-order valence-corrected chi connectivity index (χ3v) is 6.30. The second kappa shape index (κ2) is 10.5. The van der Waals surface area contributed by atoms with Gasteiger partial charge < -0.3 is 14.6 Å². The zero-order valence-electron chi connectivity index (χ0n) is 20.7. The van der Waals surface area contributed by atoms with E-state index in [2.05, 4.69) is 10.4 Å². The number of hydrogen-bond donors (Lipinski definition) is 1. The lowest BCUT2D eigenvalue weighted by Gasteiger charge is -2.16. The first-order valence-corrected chi connectivity index (χ1v) is 12.0. The van der Waals surface area contributed by atoms with Crippen LogP contribution in [0.3, 0.4) is 0 Å². The average molecular weight is 494 g/mol. The van der Waals surface area contributed by atoms with Crippen LogP contribution in [0.15, 0.2) is 89.7 Å².